The molecule has 0 saturated heterocycles. The second-order valence-corrected chi connectivity index (χ2v) is 7.03. The number of benzene rings is 1. The topological polar surface area (TPSA) is 0 Å². The van der Waals surface area contributed by atoms with Gasteiger partial charge in [0.1, 0.15) is 0 Å². The highest BCUT2D eigenvalue weighted by Gasteiger charge is 2.30. The molecule has 122 valence electrons. The first-order valence-electron chi connectivity index (χ1n) is 7.85. The smallest absolute Gasteiger partial charge is 0.166 e. The maximum absolute atomic E-state index is 12.6. The lowest BCUT2D eigenvalue weighted by Crippen LogP contribution is -2.14. The van der Waals surface area contributed by atoms with Gasteiger partial charge in [0.15, 0.2) is 0 Å². The second kappa shape index (κ2) is 7.58. The van der Waals surface area contributed by atoms with E-state index >= 15 is 0 Å². The molecular weight excluding hydrogens is 305 g/mol. The first kappa shape index (κ1) is 17.5. The third kappa shape index (κ3) is 4.55. The Kier molecular flexibility index (Phi) is 6.01. The quantitative estimate of drug-likeness (QED) is 0.614. The Morgan fingerprint density at radius 2 is 1.73 bits per heavy atom. The van der Waals surface area contributed by atoms with Crippen molar-refractivity contribution in [1.29, 1.82) is 0 Å². The lowest BCUT2D eigenvalue weighted by Gasteiger charge is -2.26. The van der Waals surface area contributed by atoms with Crippen LogP contribution in [0.25, 0.3) is 5.57 Å². The van der Waals surface area contributed by atoms with E-state index < -0.39 is 11.7 Å². The summed E-state index contributed by atoms with van der Waals surface area (Å²) < 4.78 is 37.9. The molecule has 1 fully saturated rings. The molecule has 0 aromatic heterocycles. The molecule has 1 aromatic rings. The van der Waals surface area contributed by atoms with Crippen molar-refractivity contribution in [2.24, 2.45) is 5.92 Å². The highest BCUT2D eigenvalue weighted by atomic mass is 32.2. The largest absolute Gasteiger partial charge is 0.416 e. The zero-order chi connectivity index (χ0) is 16.2. The number of halogens is 3. The second-order valence-electron chi connectivity index (χ2n) is 5.89. The van der Waals surface area contributed by atoms with Crippen LogP contribution in [0.1, 0.15) is 50.2 Å². The maximum Gasteiger partial charge on any atom is 0.416 e. The Balaban J connectivity index is 2.09. The van der Waals surface area contributed by atoms with E-state index in [0.717, 1.165) is 17.2 Å². The van der Waals surface area contributed by atoms with E-state index in [1.54, 1.807) is 12.1 Å². The highest BCUT2D eigenvalue weighted by molar-refractivity contribution is 7.99. The van der Waals surface area contributed by atoms with E-state index in [2.05, 4.69) is 19.3 Å². The first-order chi connectivity index (χ1) is 10.4. The van der Waals surface area contributed by atoms with Crippen LogP contribution >= 0.6 is 11.8 Å². The van der Waals surface area contributed by atoms with Crippen molar-refractivity contribution in [1.82, 2.24) is 0 Å². The first-order valence-corrected chi connectivity index (χ1v) is 9.14. The maximum atomic E-state index is 12.6. The SMILES string of the molecule is CC/C(=C\C1CCC(SC)CC1)c1ccc(C(F)(F)F)cc1. The molecule has 0 amide bonds. The van der Waals surface area contributed by atoms with Gasteiger partial charge in [-0.05, 0) is 67.5 Å². The van der Waals surface area contributed by atoms with Crippen LogP contribution in [-0.4, -0.2) is 11.5 Å². The van der Waals surface area contributed by atoms with Gasteiger partial charge in [-0.1, -0.05) is 25.1 Å². The van der Waals surface area contributed by atoms with Crippen LogP contribution in [0.4, 0.5) is 13.2 Å². The molecule has 0 N–H and O–H groups in total. The lowest BCUT2D eigenvalue weighted by molar-refractivity contribution is -0.137. The van der Waals surface area contributed by atoms with E-state index in [4.69, 9.17) is 0 Å². The molecule has 1 aliphatic rings. The van der Waals surface area contributed by atoms with Crippen molar-refractivity contribution in [2.75, 3.05) is 6.26 Å². The number of thioether (sulfide) groups is 1. The van der Waals surface area contributed by atoms with Gasteiger partial charge < -0.3 is 0 Å². The summed E-state index contributed by atoms with van der Waals surface area (Å²) in [5, 5.41) is 0.779. The third-order valence-corrected chi connectivity index (χ3v) is 5.59. The van der Waals surface area contributed by atoms with Gasteiger partial charge in [0.05, 0.1) is 5.56 Å². The Bertz CT molecular complexity index is 494. The fourth-order valence-corrected chi connectivity index (χ4v) is 3.81. The fraction of sp³-hybridized carbons (Fsp3) is 0.556. The summed E-state index contributed by atoms with van der Waals surface area (Å²) in [6.45, 7) is 2.07. The summed E-state index contributed by atoms with van der Waals surface area (Å²) in [5.41, 5.74) is 1.51. The summed E-state index contributed by atoms with van der Waals surface area (Å²) in [7, 11) is 0. The number of alkyl halides is 3. The standard InChI is InChI=1S/C18H23F3S/c1-3-14(12-13-4-10-17(22-2)11-5-13)15-6-8-16(9-7-15)18(19,20)21/h6-9,12-13,17H,3-5,10-11H2,1-2H3/b14-12+. The number of hydrogen-bond donors (Lipinski definition) is 0. The normalized spacial score (nSPS) is 23.6. The molecule has 0 unspecified atom stereocenters. The predicted molar refractivity (Wildman–Crippen MR) is 89.0 cm³/mol. The van der Waals surface area contributed by atoms with E-state index in [-0.39, 0.29) is 0 Å². The van der Waals surface area contributed by atoms with Gasteiger partial charge in [0.25, 0.3) is 0 Å². The molecule has 0 bridgehead atoms. The molecule has 0 radical (unpaired) electrons. The molecule has 1 aromatic carbocycles. The minimum atomic E-state index is -4.26. The van der Waals surface area contributed by atoms with Gasteiger partial charge in [-0.15, -0.1) is 0 Å². The van der Waals surface area contributed by atoms with Gasteiger partial charge >= 0.3 is 6.18 Å². The number of rotatable bonds is 4. The Hall–Kier alpha value is -0.900. The average Bonchev–Trinajstić information content (AvgIpc) is 2.52. The molecule has 0 heterocycles. The molecule has 0 nitrogen and oxygen atoms in total. The average molecular weight is 328 g/mol. The van der Waals surface area contributed by atoms with Gasteiger partial charge in [0, 0.05) is 5.25 Å². The van der Waals surface area contributed by atoms with E-state index in [0.29, 0.717) is 5.92 Å². The van der Waals surface area contributed by atoms with Crippen LogP contribution in [0.5, 0.6) is 0 Å². The third-order valence-electron chi connectivity index (χ3n) is 4.45. The van der Waals surface area contributed by atoms with Crippen LogP contribution < -0.4 is 0 Å². The van der Waals surface area contributed by atoms with Crippen molar-refractivity contribution < 1.29 is 13.2 Å². The van der Waals surface area contributed by atoms with Crippen molar-refractivity contribution in [2.45, 2.75) is 50.5 Å². The lowest BCUT2D eigenvalue weighted by atomic mass is 9.86. The van der Waals surface area contributed by atoms with Crippen LogP contribution in [0.2, 0.25) is 0 Å². The molecule has 1 aliphatic carbocycles. The minimum absolute atomic E-state index is 0.570. The van der Waals surface area contributed by atoms with Gasteiger partial charge in [0.2, 0.25) is 0 Å². The Morgan fingerprint density at radius 3 is 2.18 bits per heavy atom. The van der Waals surface area contributed by atoms with E-state index in [9.17, 15) is 13.2 Å². The fourth-order valence-electron chi connectivity index (χ4n) is 3.07. The predicted octanol–water partition coefficient (Wildman–Crippen LogP) is 6.42. The molecule has 4 heteroatoms. The molecule has 0 atom stereocenters. The molecular formula is C18H23F3S. The molecule has 22 heavy (non-hydrogen) atoms. The zero-order valence-corrected chi connectivity index (χ0v) is 13.9. The summed E-state index contributed by atoms with van der Waals surface area (Å²) in [5.74, 6) is 0.570. The summed E-state index contributed by atoms with van der Waals surface area (Å²) in [6, 6.07) is 5.57. The summed E-state index contributed by atoms with van der Waals surface area (Å²) in [6.07, 6.45) is 5.92. The Morgan fingerprint density at radius 1 is 1.14 bits per heavy atom. The van der Waals surface area contributed by atoms with E-state index in [1.165, 1.54) is 43.4 Å². The molecule has 0 aliphatic heterocycles. The highest BCUT2D eigenvalue weighted by Crippen LogP contribution is 2.34. The van der Waals surface area contributed by atoms with Crippen LogP contribution in [0.3, 0.4) is 0 Å². The van der Waals surface area contributed by atoms with E-state index in [1.807, 2.05) is 11.8 Å². The van der Waals surface area contributed by atoms with Crippen LogP contribution in [0.15, 0.2) is 30.3 Å². The van der Waals surface area contributed by atoms with Gasteiger partial charge in [-0.3, -0.25) is 0 Å². The monoisotopic (exact) mass is 328 g/mol. The number of allylic oxidation sites excluding steroid dienone is 2. The minimum Gasteiger partial charge on any atom is -0.166 e. The molecule has 1 saturated carbocycles. The van der Waals surface area contributed by atoms with Crippen molar-refractivity contribution in [3.05, 3.63) is 41.5 Å². The van der Waals surface area contributed by atoms with Gasteiger partial charge in [-0.2, -0.15) is 24.9 Å². The molecule has 0 spiro atoms. The van der Waals surface area contributed by atoms with Gasteiger partial charge in [-0.25, -0.2) is 0 Å². The zero-order valence-electron chi connectivity index (χ0n) is 13.1. The van der Waals surface area contributed by atoms with Crippen molar-refractivity contribution in [3.63, 3.8) is 0 Å². The van der Waals surface area contributed by atoms with Crippen molar-refractivity contribution in [3.8, 4) is 0 Å². The molecule has 2 rings (SSSR count). The van der Waals surface area contributed by atoms with Crippen molar-refractivity contribution >= 4 is 17.3 Å². The van der Waals surface area contributed by atoms with Crippen LogP contribution in [-0.2, 0) is 6.18 Å². The Labute approximate surface area is 135 Å². The summed E-state index contributed by atoms with van der Waals surface area (Å²) in [4.78, 5) is 0. The van der Waals surface area contributed by atoms with Crippen LogP contribution in [0, 0.1) is 5.92 Å². The summed E-state index contributed by atoms with van der Waals surface area (Å²) >= 11 is 1.95. The number of hydrogen-bond acceptors (Lipinski definition) is 1.